The molecule has 3 rings (SSSR count). The maximum Gasteiger partial charge on any atom is 0.211 e. The van der Waals surface area contributed by atoms with Crippen molar-refractivity contribution in [3.05, 3.63) is 62.4 Å². The van der Waals surface area contributed by atoms with Crippen molar-refractivity contribution < 1.29 is 11.3 Å². The van der Waals surface area contributed by atoms with Gasteiger partial charge in [-0.25, -0.2) is 4.98 Å². The molecular formula is C16H12Br2N2O2. The molecule has 3 aromatic rings. The first-order valence-corrected chi connectivity index (χ1v) is 8.21. The number of aromatic hydroxyl groups is 1. The number of aromatic nitrogens is 2. The van der Waals surface area contributed by atoms with Gasteiger partial charge in [0.2, 0.25) is 5.78 Å². The Morgan fingerprint density at radius 3 is 2.73 bits per heavy atom. The lowest BCUT2D eigenvalue weighted by molar-refractivity contribution is 0.103. The van der Waals surface area contributed by atoms with Crippen LogP contribution >= 0.6 is 31.9 Å². The highest BCUT2D eigenvalue weighted by Gasteiger charge is 2.21. The zero-order valence-electron chi connectivity index (χ0n) is 12.6. The number of phenols is 1. The third kappa shape index (κ3) is 2.46. The van der Waals surface area contributed by atoms with Crippen LogP contribution in [-0.2, 0) is 6.42 Å². The third-order valence-corrected chi connectivity index (χ3v) is 4.58. The Bertz CT molecular complexity index is 914. The van der Waals surface area contributed by atoms with Crippen molar-refractivity contribution >= 4 is 43.3 Å². The molecule has 2 heterocycles. The molecule has 22 heavy (non-hydrogen) atoms. The second-order valence-electron chi connectivity index (χ2n) is 4.74. The standard InChI is InChI=1S/C16H12Br2N2O2/c1-2-12-14(20-6-4-3-5-13(20)19-12)15(21)9-7-10(17)16(22)11(18)8-9/h3-8,22H,2H2,1H3/i4D. The maximum absolute atomic E-state index is 13.0. The summed E-state index contributed by atoms with van der Waals surface area (Å²) in [7, 11) is 0. The van der Waals surface area contributed by atoms with E-state index in [1.165, 1.54) is 0 Å². The molecule has 1 aromatic carbocycles. The normalized spacial score (nSPS) is 11.7. The molecule has 4 nitrogen and oxygen atoms in total. The molecule has 0 aliphatic heterocycles. The largest absolute Gasteiger partial charge is 0.506 e. The molecule has 0 unspecified atom stereocenters. The van der Waals surface area contributed by atoms with Crippen LogP contribution in [0.2, 0.25) is 0 Å². The molecule has 0 saturated heterocycles. The summed E-state index contributed by atoms with van der Waals surface area (Å²) in [5.74, 6) is -0.162. The van der Waals surface area contributed by atoms with Gasteiger partial charge in [-0.1, -0.05) is 13.0 Å². The summed E-state index contributed by atoms with van der Waals surface area (Å²) in [5, 5.41) is 9.80. The van der Waals surface area contributed by atoms with Gasteiger partial charge in [0.15, 0.2) is 0 Å². The zero-order chi connectivity index (χ0) is 16.7. The van der Waals surface area contributed by atoms with Crippen molar-refractivity contribution in [3.8, 4) is 5.75 Å². The van der Waals surface area contributed by atoms with E-state index < -0.39 is 0 Å². The second kappa shape index (κ2) is 5.85. The number of phenolic OH excluding ortho intramolecular Hbond substituents is 1. The van der Waals surface area contributed by atoms with Gasteiger partial charge < -0.3 is 5.11 Å². The quantitative estimate of drug-likeness (QED) is 0.635. The van der Waals surface area contributed by atoms with Crippen LogP contribution in [0.15, 0.2) is 45.5 Å². The van der Waals surface area contributed by atoms with Gasteiger partial charge in [0.25, 0.3) is 0 Å². The molecule has 0 aliphatic carbocycles. The van der Waals surface area contributed by atoms with E-state index in [0.29, 0.717) is 44.0 Å². The van der Waals surface area contributed by atoms with Gasteiger partial charge in [0.1, 0.15) is 17.1 Å². The van der Waals surface area contributed by atoms with Crippen LogP contribution in [0.3, 0.4) is 0 Å². The predicted molar refractivity (Wildman–Crippen MR) is 91.5 cm³/mol. The Morgan fingerprint density at radius 2 is 2.09 bits per heavy atom. The summed E-state index contributed by atoms with van der Waals surface area (Å²) < 4.78 is 10.3. The summed E-state index contributed by atoms with van der Waals surface area (Å²) in [4.78, 5) is 17.5. The summed E-state index contributed by atoms with van der Waals surface area (Å²) in [6, 6.07) is 6.82. The van der Waals surface area contributed by atoms with E-state index in [1.54, 1.807) is 34.9 Å². The molecule has 0 spiro atoms. The fraction of sp³-hybridized carbons (Fsp3) is 0.125. The highest BCUT2D eigenvalue weighted by atomic mass is 79.9. The lowest BCUT2D eigenvalue weighted by Gasteiger charge is -2.07. The topological polar surface area (TPSA) is 54.6 Å². The molecule has 1 N–H and O–H groups in total. The molecule has 0 saturated carbocycles. The van der Waals surface area contributed by atoms with Gasteiger partial charge in [-0.05, 0) is 62.5 Å². The number of aryl methyl sites for hydroxylation is 1. The number of nitrogens with zero attached hydrogens (tertiary/aromatic N) is 2. The van der Waals surface area contributed by atoms with E-state index in [-0.39, 0.29) is 11.5 Å². The molecule has 2 aromatic heterocycles. The third-order valence-electron chi connectivity index (χ3n) is 3.37. The molecule has 0 aliphatic rings. The average molecular weight is 425 g/mol. The molecule has 0 fully saturated rings. The van der Waals surface area contributed by atoms with Gasteiger partial charge in [0, 0.05) is 11.8 Å². The van der Waals surface area contributed by atoms with E-state index in [4.69, 9.17) is 1.37 Å². The summed E-state index contributed by atoms with van der Waals surface area (Å²) in [5.41, 5.74) is 2.19. The fourth-order valence-corrected chi connectivity index (χ4v) is 3.49. The highest BCUT2D eigenvalue weighted by Crippen LogP contribution is 2.34. The minimum atomic E-state index is -0.207. The molecule has 6 heteroatoms. The van der Waals surface area contributed by atoms with Crippen molar-refractivity contribution in [2.75, 3.05) is 0 Å². The number of ketones is 1. The Kier molecular flexibility index (Phi) is 3.72. The van der Waals surface area contributed by atoms with Crippen molar-refractivity contribution in [2.24, 2.45) is 0 Å². The Balaban J connectivity index is 2.23. The number of fused-ring (bicyclic) bond motifs is 1. The monoisotopic (exact) mass is 423 g/mol. The molecule has 0 atom stereocenters. The second-order valence-corrected chi connectivity index (χ2v) is 6.44. The minimum absolute atomic E-state index is 0.0452. The Labute approximate surface area is 145 Å². The number of hydrogen-bond donors (Lipinski definition) is 1. The van der Waals surface area contributed by atoms with Crippen LogP contribution in [0.1, 0.15) is 30.0 Å². The van der Waals surface area contributed by atoms with Gasteiger partial charge in [-0.3, -0.25) is 9.20 Å². The smallest absolute Gasteiger partial charge is 0.211 e. The van der Waals surface area contributed by atoms with Gasteiger partial charge in [-0.15, -0.1) is 0 Å². The van der Waals surface area contributed by atoms with Crippen molar-refractivity contribution in [1.29, 1.82) is 0 Å². The fourth-order valence-electron chi connectivity index (χ4n) is 2.31. The number of hydrogen-bond acceptors (Lipinski definition) is 3. The Morgan fingerprint density at radius 1 is 1.41 bits per heavy atom. The molecule has 112 valence electrons. The molecule has 0 bridgehead atoms. The van der Waals surface area contributed by atoms with Gasteiger partial charge >= 0.3 is 0 Å². The molecule has 0 radical (unpaired) electrons. The number of halogens is 2. The molecular weight excluding hydrogens is 412 g/mol. The zero-order valence-corrected chi connectivity index (χ0v) is 14.8. The van der Waals surface area contributed by atoms with Crippen LogP contribution in [0, 0.1) is 0 Å². The van der Waals surface area contributed by atoms with Gasteiger partial charge in [-0.2, -0.15) is 0 Å². The lowest BCUT2D eigenvalue weighted by Crippen LogP contribution is -2.08. The first kappa shape index (κ1) is 14.0. The van der Waals surface area contributed by atoms with E-state index in [2.05, 4.69) is 36.8 Å². The summed E-state index contributed by atoms with van der Waals surface area (Å²) in [6.07, 6.45) is 2.19. The summed E-state index contributed by atoms with van der Waals surface area (Å²) in [6.45, 7) is 1.93. The van der Waals surface area contributed by atoms with Crippen molar-refractivity contribution in [3.63, 3.8) is 0 Å². The number of carbonyl (C=O) groups is 1. The van der Waals surface area contributed by atoms with E-state index in [0.717, 1.165) is 0 Å². The SMILES string of the molecule is [2H]c1ccc2nc(CC)c(C(=O)c3cc(Br)c(O)c(Br)c3)n2c1. The summed E-state index contributed by atoms with van der Waals surface area (Å²) >= 11 is 6.48. The number of rotatable bonds is 3. The van der Waals surface area contributed by atoms with E-state index in [1.807, 2.05) is 6.92 Å². The van der Waals surface area contributed by atoms with Crippen LogP contribution in [0.5, 0.6) is 5.75 Å². The maximum atomic E-state index is 13.0. The average Bonchev–Trinajstić information content (AvgIpc) is 2.89. The van der Waals surface area contributed by atoms with Crippen LogP contribution in [0.4, 0.5) is 0 Å². The Hall–Kier alpha value is -1.66. The van der Waals surface area contributed by atoms with Crippen LogP contribution in [0.25, 0.3) is 5.65 Å². The molecule has 0 amide bonds. The minimum Gasteiger partial charge on any atom is -0.506 e. The van der Waals surface area contributed by atoms with Crippen molar-refractivity contribution in [1.82, 2.24) is 9.38 Å². The van der Waals surface area contributed by atoms with E-state index in [9.17, 15) is 9.90 Å². The lowest BCUT2D eigenvalue weighted by atomic mass is 10.1. The number of carbonyl (C=O) groups excluding carboxylic acids is 1. The van der Waals surface area contributed by atoms with E-state index >= 15 is 0 Å². The number of imidazole rings is 1. The van der Waals surface area contributed by atoms with Crippen LogP contribution in [-0.4, -0.2) is 20.3 Å². The number of pyridine rings is 1. The first-order chi connectivity index (χ1) is 10.9. The predicted octanol–water partition coefficient (Wildman–Crippen LogP) is 4.36. The van der Waals surface area contributed by atoms with Gasteiger partial charge in [0.05, 0.1) is 16.0 Å². The number of benzene rings is 1. The van der Waals surface area contributed by atoms with Crippen molar-refractivity contribution in [2.45, 2.75) is 13.3 Å². The first-order valence-electron chi connectivity index (χ1n) is 7.12. The van der Waals surface area contributed by atoms with Crippen LogP contribution < -0.4 is 0 Å². The highest BCUT2D eigenvalue weighted by molar-refractivity contribution is 9.11.